The second-order valence-electron chi connectivity index (χ2n) is 5.13. The molecule has 0 heterocycles. The first-order chi connectivity index (χ1) is 6.37. The van der Waals surface area contributed by atoms with E-state index in [-0.39, 0.29) is 0 Å². The van der Waals surface area contributed by atoms with Gasteiger partial charge in [0.15, 0.2) is 0 Å². The zero-order valence-corrected chi connectivity index (χ0v) is 10.4. The van der Waals surface area contributed by atoms with Gasteiger partial charge < -0.3 is 10.4 Å². The minimum Gasteiger partial charge on any atom is -0.389 e. The van der Waals surface area contributed by atoms with Gasteiger partial charge in [0.1, 0.15) is 0 Å². The predicted molar refractivity (Wildman–Crippen MR) is 62.5 cm³/mol. The van der Waals surface area contributed by atoms with E-state index in [1.165, 1.54) is 12.8 Å². The normalized spacial score (nSPS) is 18.2. The van der Waals surface area contributed by atoms with Gasteiger partial charge in [0.25, 0.3) is 0 Å². The van der Waals surface area contributed by atoms with Crippen LogP contribution in [0, 0.1) is 5.92 Å². The maximum atomic E-state index is 10.1. The molecule has 14 heavy (non-hydrogen) atoms. The van der Waals surface area contributed by atoms with Crippen LogP contribution in [0.5, 0.6) is 0 Å². The van der Waals surface area contributed by atoms with Gasteiger partial charge in [-0.2, -0.15) is 0 Å². The maximum Gasteiger partial charge on any atom is 0.0746 e. The first-order valence-electron chi connectivity index (χ1n) is 5.83. The van der Waals surface area contributed by atoms with Crippen LogP contribution in [0.15, 0.2) is 0 Å². The average molecular weight is 201 g/mol. The van der Waals surface area contributed by atoms with Crippen LogP contribution in [0.25, 0.3) is 0 Å². The number of aliphatic hydroxyl groups is 1. The van der Waals surface area contributed by atoms with Crippen LogP contribution in [0.3, 0.4) is 0 Å². The van der Waals surface area contributed by atoms with Crippen molar-refractivity contribution in [2.45, 2.75) is 65.5 Å². The Bertz CT molecular complexity index is 143. The van der Waals surface area contributed by atoms with E-state index in [0.717, 1.165) is 6.42 Å². The van der Waals surface area contributed by atoms with E-state index < -0.39 is 5.60 Å². The molecule has 0 fully saturated rings. The number of hydrogen-bond donors (Lipinski definition) is 2. The van der Waals surface area contributed by atoms with Crippen LogP contribution in [0.2, 0.25) is 0 Å². The standard InChI is InChI=1S/C12H27NO/c1-6-7-11(4)8-12(5,14)9-13-10(2)3/h10-11,13-14H,6-9H2,1-5H3. The second kappa shape index (κ2) is 6.41. The average Bonchev–Trinajstić information content (AvgIpc) is 2.00. The summed E-state index contributed by atoms with van der Waals surface area (Å²) in [7, 11) is 0. The molecule has 2 unspecified atom stereocenters. The third kappa shape index (κ3) is 7.34. The van der Waals surface area contributed by atoms with Crippen molar-refractivity contribution < 1.29 is 5.11 Å². The van der Waals surface area contributed by atoms with Crippen molar-refractivity contribution in [2.24, 2.45) is 5.92 Å². The lowest BCUT2D eigenvalue weighted by Crippen LogP contribution is -2.41. The lowest BCUT2D eigenvalue weighted by Gasteiger charge is -2.28. The summed E-state index contributed by atoms with van der Waals surface area (Å²) in [5.41, 5.74) is -0.557. The Balaban J connectivity index is 3.81. The number of nitrogens with one attached hydrogen (secondary N) is 1. The third-order valence-electron chi connectivity index (χ3n) is 2.46. The SMILES string of the molecule is CCCC(C)CC(C)(O)CNC(C)C. The molecule has 0 aliphatic carbocycles. The van der Waals surface area contributed by atoms with Gasteiger partial charge in [-0.25, -0.2) is 0 Å². The van der Waals surface area contributed by atoms with E-state index in [4.69, 9.17) is 0 Å². The topological polar surface area (TPSA) is 32.3 Å². The molecule has 0 rings (SSSR count). The summed E-state index contributed by atoms with van der Waals surface area (Å²) in [6.07, 6.45) is 3.30. The maximum absolute atomic E-state index is 10.1. The van der Waals surface area contributed by atoms with Crippen LogP contribution < -0.4 is 5.32 Å². The fraction of sp³-hybridized carbons (Fsp3) is 1.00. The van der Waals surface area contributed by atoms with Crippen molar-refractivity contribution in [3.05, 3.63) is 0 Å². The van der Waals surface area contributed by atoms with Crippen molar-refractivity contribution in [1.29, 1.82) is 0 Å². The minimum absolute atomic E-state index is 0.447. The van der Waals surface area contributed by atoms with E-state index in [0.29, 0.717) is 18.5 Å². The second-order valence-corrected chi connectivity index (χ2v) is 5.13. The quantitative estimate of drug-likeness (QED) is 0.663. The summed E-state index contributed by atoms with van der Waals surface area (Å²) in [4.78, 5) is 0. The molecule has 0 aromatic carbocycles. The van der Waals surface area contributed by atoms with E-state index in [1.807, 2.05) is 6.92 Å². The zero-order valence-electron chi connectivity index (χ0n) is 10.4. The number of rotatable bonds is 7. The van der Waals surface area contributed by atoms with Gasteiger partial charge in [0.2, 0.25) is 0 Å². The van der Waals surface area contributed by atoms with Gasteiger partial charge in [-0.3, -0.25) is 0 Å². The van der Waals surface area contributed by atoms with Gasteiger partial charge in [0, 0.05) is 12.6 Å². The first-order valence-corrected chi connectivity index (χ1v) is 5.83. The van der Waals surface area contributed by atoms with Crippen LogP contribution in [0.1, 0.15) is 53.9 Å². The highest BCUT2D eigenvalue weighted by atomic mass is 16.3. The molecule has 2 nitrogen and oxygen atoms in total. The van der Waals surface area contributed by atoms with Crippen molar-refractivity contribution in [1.82, 2.24) is 5.32 Å². The highest BCUT2D eigenvalue weighted by molar-refractivity contribution is 4.78. The molecule has 0 aliphatic heterocycles. The van der Waals surface area contributed by atoms with Gasteiger partial charge in [-0.15, -0.1) is 0 Å². The summed E-state index contributed by atoms with van der Waals surface area (Å²) in [6, 6.07) is 0.447. The van der Waals surface area contributed by atoms with E-state index in [9.17, 15) is 5.11 Å². The highest BCUT2D eigenvalue weighted by Crippen LogP contribution is 2.19. The Hall–Kier alpha value is -0.0800. The Morgan fingerprint density at radius 1 is 1.29 bits per heavy atom. The molecule has 0 amide bonds. The summed E-state index contributed by atoms with van der Waals surface area (Å²) in [6.45, 7) is 11.2. The van der Waals surface area contributed by atoms with Crippen LogP contribution in [-0.2, 0) is 0 Å². The van der Waals surface area contributed by atoms with Gasteiger partial charge in [0.05, 0.1) is 5.60 Å². The third-order valence-corrected chi connectivity index (χ3v) is 2.46. The van der Waals surface area contributed by atoms with Gasteiger partial charge in [-0.1, -0.05) is 40.5 Å². The van der Waals surface area contributed by atoms with Crippen LogP contribution >= 0.6 is 0 Å². The molecular formula is C12H27NO. The lowest BCUT2D eigenvalue weighted by molar-refractivity contribution is 0.0333. The van der Waals surface area contributed by atoms with E-state index in [1.54, 1.807) is 0 Å². The molecule has 0 aromatic heterocycles. The Labute approximate surface area is 89.1 Å². The fourth-order valence-corrected chi connectivity index (χ4v) is 1.84. The summed E-state index contributed by atoms with van der Waals surface area (Å²) in [5.74, 6) is 0.615. The molecule has 0 saturated carbocycles. The molecular weight excluding hydrogens is 174 g/mol. The Morgan fingerprint density at radius 2 is 1.86 bits per heavy atom. The molecule has 2 N–H and O–H groups in total. The molecule has 86 valence electrons. The van der Waals surface area contributed by atoms with Crippen molar-refractivity contribution in [2.75, 3.05) is 6.54 Å². The monoisotopic (exact) mass is 201 g/mol. The largest absolute Gasteiger partial charge is 0.389 e. The molecule has 0 aromatic rings. The fourth-order valence-electron chi connectivity index (χ4n) is 1.84. The molecule has 0 bridgehead atoms. The molecule has 0 radical (unpaired) electrons. The van der Waals surface area contributed by atoms with E-state index >= 15 is 0 Å². The molecule has 2 heteroatoms. The zero-order chi connectivity index (χ0) is 11.2. The predicted octanol–water partition coefficient (Wildman–Crippen LogP) is 2.56. The van der Waals surface area contributed by atoms with Crippen LogP contribution in [-0.4, -0.2) is 23.3 Å². The molecule has 2 atom stereocenters. The Kier molecular flexibility index (Phi) is 6.38. The Morgan fingerprint density at radius 3 is 2.29 bits per heavy atom. The van der Waals surface area contributed by atoms with Gasteiger partial charge in [-0.05, 0) is 19.3 Å². The molecule has 0 saturated heterocycles. The van der Waals surface area contributed by atoms with Crippen molar-refractivity contribution in [3.8, 4) is 0 Å². The highest BCUT2D eigenvalue weighted by Gasteiger charge is 2.22. The first kappa shape index (κ1) is 13.9. The summed E-state index contributed by atoms with van der Waals surface area (Å²) < 4.78 is 0. The number of hydrogen-bond acceptors (Lipinski definition) is 2. The molecule has 0 aliphatic rings. The van der Waals surface area contributed by atoms with E-state index in [2.05, 4.69) is 33.0 Å². The molecule has 0 spiro atoms. The minimum atomic E-state index is -0.557. The lowest BCUT2D eigenvalue weighted by atomic mass is 9.90. The van der Waals surface area contributed by atoms with Crippen LogP contribution in [0.4, 0.5) is 0 Å². The van der Waals surface area contributed by atoms with Crippen molar-refractivity contribution in [3.63, 3.8) is 0 Å². The summed E-state index contributed by atoms with van der Waals surface area (Å²) in [5, 5.41) is 13.4. The van der Waals surface area contributed by atoms with Gasteiger partial charge >= 0.3 is 0 Å². The smallest absolute Gasteiger partial charge is 0.0746 e. The summed E-state index contributed by atoms with van der Waals surface area (Å²) >= 11 is 0. The van der Waals surface area contributed by atoms with Crippen molar-refractivity contribution >= 4 is 0 Å².